The maximum absolute atomic E-state index is 12.6. The van der Waals surface area contributed by atoms with Gasteiger partial charge in [0.1, 0.15) is 5.56 Å². The first-order valence-corrected chi connectivity index (χ1v) is 9.47. The molecule has 1 fully saturated rings. The van der Waals surface area contributed by atoms with Gasteiger partial charge in [0.15, 0.2) is 11.5 Å². The third-order valence-corrected chi connectivity index (χ3v) is 4.36. The Hall–Kier alpha value is -2.39. The molecule has 28 heavy (non-hydrogen) atoms. The molecule has 1 aromatic carbocycles. The van der Waals surface area contributed by atoms with Gasteiger partial charge < -0.3 is 19.5 Å². The number of nitrogens with one attached hydrogen (secondary N) is 1. The molecule has 0 aromatic heterocycles. The second kappa shape index (κ2) is 10.2. The number of hydrogen-bond acceptors (Lipinski definition) is 7. The molecule has 0 saturated carbocycles. The fourth-order valence-electron chi connectivity index (χ4n) is 3.20. The molecule has 1 saturated heterocycles. The van der Waals surface area contributed by atoms with Crippen LogP contribution in [-0.2, 0) is 4.74 Å². The van der Waals surface area contributed by atoms with Crippen LogP contribution in [0.4, 0.5) is 5.69 Å². The lowest BCUT2D eigenvalue weighted by Gasteiger charge is -2.33. The van der Waals surface area contributed by atoms with Gasteiger partial charge in [0.25, 0.3) is 11.6 Å². The van der Waals surface area contributed by atoms with Crippen LogP contribution >= 0.6 is 0 Å². The summed E-state index contributed by atoms with van der Waals surface area (Å²) in [6.45, 7) is 9.83. The normalized spacial score (nSPS) is 17.4. The third-order valence-electron chi connectivity index (χ3n) is 4.36. The van der Waals surface area contributed by atoms with Crippen molar-refractivity contribution >= 4 is 11.6 Å². The first-order valence-electron chi connectivity index (χ1n) is 9.47. The Kier molecular flexibility index (Phi) is 8.01. The molecule has 2 rings (SSSR count). The number of carbonyl (C=O) groups excluding carboxylic acids is 1. The largest absolute Gasteiger partial charge is 0.493 e. The summed E-state index contributed by atoms with van der Waals surface area (Å²) in [5, 5.41) is 14.2. The Bertz CT molecular complexity index is 694. The first-order chi connectivity index (χ1) is 13.3. The van der Waals surface area contributed by atoms with E-state index in [-0.39, 0.29) is 35.4 Å². The Morgan fingerprint density at radius 2 is 2.18 bits per heavy atom. The van der Waals surface area contributed by atoms with Crippen molar-refractivity contribution in [2.24, 2.45) is 5.92 Å². The van der Waals surface area contributed by atoms with Gasteiger partial charge in [-0.15, -0.1) is 0 Å². The number of rotatable bonds is 9. The molecular weight excluding hydrogens is 366 g/mol. The lowest BCUT2D eigenvalue weighted by Crippen LogP contribution is -2.48. The van der Waals surface area contributed by atoms with Crippen molar-refractivity contribution in [1.82, 2.24) is 10.2 Å². The summed E-state index contributed by atoms with van der Waals surface area (Å²) >= 11 is 0. The molecule has 1 atom stereocenters. The van der Waals surface area contributed by atoms with E-state index in [1.165, 1.54) is 19.2 Å². The number of carbonyl (C=O) groups is 1. The lowest BCUT2D eigenvalue weighted by atomic mass is 10.1. The predicted octanol–water partition coefficient (Wildman–Crippen LogP) is 2.09. The van der Waals surface area contributed by atoms with Gasteiger partial charge in [0.2, 0.25) is 0 Å². The quantitative estimate of drug-likeness (QED) is 0.504. The highest BCUT2D eigenvalue weighted by Crippen LogP contribution is 2.34. The minimum atomic E-state index is -0.599. The van der Waals surface area contributed by atoms with Crippen molar-refractivity contribution in [3.63, 3.8) is 0 Å². The second-order valence-electron chi connectivity index (χ2n) is 7.07. The monoisotopic (exact) mass is 395 g/mol. The van der Waals surface area contributed by atoms with Gasteiger partial charge in [0, 0.05) is 32.2 Å². The molecule has 0 spiro atoms. The Labute approximate surface area is 165 Å². The molecule has 1 aromatic rings. The highest BCUT2D eigenvalue weighted by molar-refractivity contribution is 5.99. The van der Waals surface area contributed by atoms with E-state index in [0.717, 1.165) is 13.1 Å². The van der Waals surface area contributed by atoms with Crippen LogP contribution < -0.4 is 14.8 Å². The SMILES string of the molecule is CCOc1cc([N+](=O)[O-])c(C(=O)NCC2CN(CC(C)C)CCO2)cc1OC. The van der Waals surface area contributed by atoms with E-state index in [4.69, 9.17) is 14.2 Å². The van der Waals surface area contributed by atoms with E-state index in [1.54, 1.807) is 6.92 Å². The third kappa shape index (κ3) is 5.80. The van der Waals surface area contributed by atoms with Crippen LogP contribution in [0.15, 0.2) is 12.1 Å². The van der Waals surface area contributed by atoms with Gasteiger partial charge in [-0.2, -0.15) is 0 Å². The van der Waals surface area contributed by atoms with Gasteiger partial charge >= 0.3 is 0 Å². The zero-order valence-electron chi connectivity index (χ0n) is 16.9. The van der Waals surface area contributed by atoms with Crippen molar-refractivity contribution in [1.29, 1.82) is 0 Å². The van der Waals surface area contributed by atoms with Crippen LogP contribution in [0.2, 0.25) is 0 Å². The zero-order chi connectivity index (χ0) is 20.7. The maximum atomic E-state index is 12.6. The summed E-state index contributed by atoms with van der Waals surface area (Å²) in [5.41, 5.74) is -0.395. The highest BCUT2D eigenvalue weighted by Gasteiger charge is 2.26. The molecule has 1 heterocycles. The van der Waals surface area contributed by atoms with Gasteiger partial charge in [-0.1, -0.05) is 13.8 Å². The smallest absolute Gasteiger partial charge is 0.286 e. The Balaban J connectivity index is 2.09. The predicted molar refractivity (Wildman–Crippen MR) is 104 cm³/mol. The molecule has 0 radical (unpaired) electrons. The Morgan fingerprint density at radius 3 is 2.79 bits per heavy atom. The van der Waals surface area contributed by atoms with E-state index in [1.807, 2.05) is 0 Å². The average Bonchev–Trinajstić information content (AvgIpc) is 2.65. The van der Waals surface area contributed by atoms with Gasteiger partial charge in [-0.05, 0) is 12.8 Å². The van der Waals surface area contributed by atoms with Crippen molar-refractivity contribution < 1.29 is 23.9 Å². The van der Waals surface area contributed by atoms with Crippen LogP contribution in [0.3, 0.4) is 0 Å². The summed E-state index contributed by atoms with van der Waals surface area (Å²) in [5.74, 6) is 0.507. The highest BCUT2D eigenvalue weighted by atomic mass is 16.6. The fraction of sp³-hybridized carbons (Fsp3) is 0.632. The number of nitrogens with zero attached hydrogens (tertiary/aromatic N) is 2. The van der Waals surface area contributed by atoms with Crippen molar-refractivity contribution in [3.05, 3.63) is 27.8 Å². The number of hydrogen-bond donors (Lipinski definition) is 1. The lowest BCUT2D eigenvalue weighted by molar-refractivity contribution is -0.385. The van der Waals surface area contributed by atoms with E-state index >= 15 is 0 Å². The Morgan fingerprint density at radius 1 is 1.43 bits per heavy atom. The molecule has 1 unspecified atom stereocenters. The molecule has 9 heteroatoms. The van der Waals surface area contributed by atoms with Crippen LogP contribution in [-0.4, -0.2) is 68.3 Å². The first kappa shape index (κ1) is 21.9. The molecule has 0 aliphatic carbocycles. The number of morpholine rings is 1. The molecule has 156 valence electrons. The number of nitro benzene ring substituents is 1. The van der Waals surface area contributed by atoms with Crippen molar-refractivity contribution in [2.75, 3.05) is 46.5 Å². The summed E-state index contributed by atoms with van der Waals surface area (Å²) in [6, 6.07) is 2.56. The van der Waals surface area contributed by atoms with E-state index < -0.39 is 10.8 Å². The van der Waals surface area contributed by atoms with E-state index in [2.05, 4.69) is 24.1 Å². The topological polar surface area (TPSA) is 103 Å². The van der Waals surface area contributed by atoms with Crippen LogP contribution in [0.1, 0.15) is 31.1 Å². The van der Waals surface area contributed by atoms with Crippen LogP contribution in [0.25, 0.3) is 0 Å². The van der Waals surface area contributed by atoms with Crippen molar-refractivity contribution in [2.45, 2.75) is 26.9 Å². The standard InChI is InChI=1S/C19H29N3O6/c1-5-27-18-9-16(22(24)25)15(8-17(18)26-4)19(23)20-10-14-12-21(6-7-28-14)11-13(2)3/h8-9,13-14H,5-7,10-12H2,1-4H3,(H,20,23). The number of benzene rings is 1. The molecular formula is C19H29N3O6. The summed E-state index contributed by atoms with van der Waals surface area (Å²) in [4.78, 5) is 25.8. The minimum Gasteiger partial charge on any atom is -0.493 e. The summed E-state index contributed by atoms with van der Waals surface area (Å²) in [6.07, 6.45) is -0.153. The molecule has 1 aliphatic rings. The molecule has 0 bridgehead atoms. The molecule has 9 nitrogen and oxygen atoms in total. The zero-order valence-corrected chi connectivity index (χ0v) is 16.9. The molecule has 1 amide bonds. The number of ether oxygens (including phenoxy) is 3. The second-order valence-corrected chi connectivity index (χ2v) is 7.07. The van der Waals surface area contributed by atoms with E-state index in [0.29, 0.717) is 25.7 Å². The summed E-state index contributed by atoms with van der Waals surface area (Å²) < 4.78 is 16.3. The number of nitro groups is 1. The fourth-order valence-corrected chi connectivity index (χ4v) is 3.20. The number of amides is 1. The molecule has 1 N–H and O–H groups in total. The van der Waals surface area contributed by atoms with Crippen LogP contribution in [0, 0.1) is 16.0 Å². The number of methoxy groups -OCH3 is 1. The van der Waals surface area contributed by atoms with E-state index in [9.17, 15) is 14.9 Å². The van der Waals surface area contributed by atoms with Gasteiger partial charge in [-0.3, -0.25) is 19.8 Å². The average molecular weight is 395 g/mol. The summed E-state index contributed by atoms with van der Waals surface area (Å²) in [7, 11) is 1.42. The van der Waals surface area contributed by atoms with Gasteiger partial charge in [-0.25, -0.2) is 0 Å². The molecule has 1 aliphatic heterocycles. The van der Waals surface area contributed by atoms with Crippen LogP contribution in [0.5, 0.6) is 11.5 Å². The van der Waals surface area contributed by atoms with Crippen molar-refractivity contribution in [3.8, 4) is 11.5 Å². The van der Waals surface area contributed by atoms with Gasteiger partial charge in [0.05, 0.1) is 37.4 Å². The maximum Gasteiger partial charge on any atom is 0.286 e. The minimum absolute atomic E-state index is 0.0693.